The second kappa shape index (κ2) is 6.15. The predicted molar refractivity (Wildman–Crippen MR) is 76.1 cm³/mol. The van der Waals surface area contributed by atoms with E-state index in [1.807, 2.05) is 24.1 Å². The molecule has 0 aliphatic carbocycles. The standard InChI is InChI=1S/C15H20OS/c1-12(14-7-4-3-5-8-14)11-16-13(2)15-9-6-10-17-15/h3-5,7-8,11,13,15H,6,9-10H2,1-2H3/b12-11-. The van der Waals surface area contributed by atoms with Crippen LogP contribution in [0.1, 0.15) is 32.3 Å². The van der Waals surface area contributed by atoms with E-state index in [1.165, 1.54) is 29.7 Å². The lowest BCUT2D eigenvalue weighted by atomic mass is 10.1. The first kappa shape index (κ1) is 12.6. The SMILES string of the molecule is C/C(=C/OC(C)C1CCCS1)c1ccccc1. The van der Waals surface area contributed by atoms with E-state index >= 15 is 0 Å². The highest BCUT2D eigenvalue weighted by atomic mass is 32.2. The lowest BCUT2D eigenvalue weighted by molar-refractivity contribution is 0.158. The average Bonchev–Trinajstić information content (AvgIpc) is 2.90. The molecule has 1 heterocycles. The van der Waals surface area contributed by atoms with Gasteiger partial charge in [-0.3, -0.25) is 0 Å². The van der Waals surface area contributed by atoms with Gasteiger partial charge in [0.25, 0.3) is 0 Å². The molecule has 92 valence electrons. The van der Waals surface area contributed by atoms with Crippen LogP contribution in [0.25, 0.3) is 5.57 Å². The number of allylic oxidation sites excluding steroid dienone is 1. The Hall–Kier alpha value is -0.890. The van der Waals surface area contributed by atoms with Gasteiger partial charge >= 0.3 is 0 Å². The van der Waals surface area contributed by atoms with Crippen LogP contribution in [0.15, 0.2) is 36.6 Å². The summed E-state index contributed by atoms with van der Waals surface area (Å²) in [5.74, 6) is 1.29. The minimum Gasteiger partial charge on any atom is -0.497 e. The van der Waals surface area contributed by atoms with Crippen molar-refractivity contribution in [3.8, 4) is 0 Å². The molecule has 1 aromatic carbocycles. The molecular formula is C15H20OS. The van der Waals surface area contributed by atoms with Crippen molar-refractivity contribution in [1.82, 2.24) is 0 Å². The molecule has 0 spiro atoms. The van der Waals surface area contributed by atoms with E-state index in [0.717, 1.165) is 0 Å². The molecule has 2 unspecified atom stereocenters. The zero-order chi connectivity index (χ0) is 12.1. The molecule has 0 amide bonds. The van der Waals surface area contributed by atoms with Gasteiger partial charge in [0.05, 0.1) is 6.26 Å². The van der Waals surface area contributed by atoms with Crippen molar-refractivity contribution < 1.29 is 4.74 Å². The minimum atomic E-state index is 0.321. The van der Waals surface area contributed by atoms with E-state index < -0.39 is 0 Å². The maximum atomic E-state index is 5.86. The van der Waals surface area contributed by atoms with Crippen molar-refractivity contribution in [2.45, 2.75) is 38.0 Å². The van der Waals surface area contributed by atoms with Crippen molar-refractivity contribution in [2.24, 2.45) is 0 Å². The van der Waals surface area contributed by atoms with Crippen LogP contribution in [0, 0.1) is 0 Å². The zero-order valence-corrected chi connectivity index (χ0v) is 11.4. The first-order chi connectivity index (χ1) is 8.27. The summed E-state index contributed by atoms with van der Waals surface area (Å²) in [6.07, 6.45) is 4.87. The summed E-state index contributed by atoms with van der Waals surface area (Å²) in [6, 6.07) is 10.4. The Morgan fingerprint density at radius 3 is 2.82 bits per heavy atom. The number of rotatable bonds is 4. The Bertz CT molecular complexity index is 366. The molecule has 2 atom stereocenters. The molecule has 2 heteroatoms. The van der Waals surface area contributed by atoms with Crippen molar-refractivity contribution in [2.75, 3.05) is 5.75 Å². The summed E-state index contributed by atoms with van der Waals surface area (Å²) in [4.78, 5) is 0. The molecule has 0 N–H and O–H groups in total. The quantitative estimate of drug-likeness (QED) is 0.733. The fourth-order valence-electron chi connectivity index (χ4n) is 2.04. The molecule has 0 saturated carbocycles. The number of thioether (sulfide) groups is 1. The van der Waals surface area contributed by atoms with Crippen molar-refractivity contribution in [3.63, 3.8) is 0 Å². The molecule has 1 fully saturated rings. The molecule has 1 nitrogen and oxygen atoms in total. The van der Waals surface area contributed by atoms with E-state index in [0.29, 0.717) is 11.4 Å². The third-order valence-electron chi connectivity index (χ3n) is 3.18. The lowest BCUT2D eigenvalue weighted by Gasteiger charge is -2.18. The fraction of sp³-hybridized carbons (Fsp3) is 0.467. The molecule has 1 aliphatic heterocycles. The van der Waals surface area contributed by atoms with Gasteiger partial charge in [0.1, 0.15) is 6.10 Å². The first-order valence-corrected chi connectivity index (χ1v) is 7.31. The van der Waals surface area contributed by atoms with Crippen LogP contribution in [-0.4, -0.2) is 17.1 Å². The van der Waals surface area contributed by atoms with Gasteiger partial charge in [-0.25, -0.2) is 0 Å². The molecule has 0 radical (unpaired) electrons. The van der Waals surface area contributed by atoms with Crippen LogP contribution in [0.5, 0.6) is 0 Å². The van der Waals surface area contributed by atoms with Crippen LogP contribution in [0.3, 0.4) is 0 Å². The average molecular weight is 248 g/mol. The van der Waals surface area contributed by atoms with Gasteiger partial charge in [-0.05, 0) is 43.6 Å². The van der Waals surface area contributed by atoms with Crippen LogP contribution < -0.4 is 0 Å². The molecule has 17 heavy (non-hydrogen) atoms. The van der Waals surface area contributed by atoms with Gasteiger partial charge in [0.15, 0.2) is 0 Å². The maximum absolute atomic E-state index is 5.86. The molecule has 2 rings (SSSR count). The van der Waals surface area contributed by atoms with Gasteiger partial charge in [-0.1, -0.05) is 30.3 Å². The van der Waals surface area contributed by atoms with E-state index in [1.54, 1.807) is 0 Å². The van der Waals surface area contributed by atoms with Crippen molar-refractivity contribution >= 4 is 17.3 Å². The normalized spacial score (nSPS) is 22.5. The van der Waals surface area contributed by atoms with Crippen molar-refractivity contribution in [3.05, 3.63) is 42.2 Å². The third-order valence-corrected chi connectivity index (χ3v) is 4.75. The minimum absolute atomic E-state index is 0.321. The van der Waals surface area contributed by atoms with Gasteiger partial charge in [-0.2, -0.15) is 11.8 Å². The molecule has 0 aromatic heterocycles. The lowest BCUT2D eigenvalue weighted by Crippen LogP contribution is -2.18. The van der Waals surface area contributed by atoms with Crippen LogP contribution in [0.2, 0.25) is 0 Å². The summed E-state index contributed by atoms with van der Waals surface area (Å²) >= 11 is 2.04. The second-order valence-electron chi connectivity index (χ2n) is 4.56. The van der Waals surface area contributed by atoms with Gasteiger partial charge in [0.2, 0.25) is 0 Å². The summed E-state index contributed by atoms with van der Waals surface area (Å²) in [5, 5.41) is 0.676. The smallest absolute Gasteiger partial charge is 0.107 e. The Morgan fingerprint density at radius 2 is 2.18 bits per heavy atom. The Kier molecular flexibility index (Phi) is 4.55. The zero-order valence-electron chi connectivity index (χ0n) is 10.6. The third kappa shape index (κ3) is 3.53. The predicted octanol–water partition coefficient (Wildman–Crippen LogP) is 4.35. The maximum Gasteiger partial charge on any atom is 0.107 e. The van der Waals surface area contributed by atoms with Crippen LogP contribution in [-0.2, 0) is 4.74 Å². The molecule has 1 saturated heterocycles. The van der Waals surface area contributed by atoms with E-state index in [9.17, 15) is 0 Å². The Morgan fingerprint density at radius 1 is 1.41 bits per heavy atom. The van der Waals surface area contributed by atoms with Crippen LogP contribution >= 0.6 is 11.8 Å². The monoisotopic (exact) mass is 248 g/mol. The largest absolute Gasteiger partial charge is 0.497 e. The Labute approximate surface area is 108 Å². The number of ether oxygens (including phenoxy) is 1. The first-order valence-electron chi connectivity index (χ1n) is 6.26. The second-order valence-corrected chi connectivity index (χ2v) is 5.91. The topological polar surface area (TPSA) is 9.23 Å². The van der Waals surface area contributed by atoms with Gasteiger partial charge in [-0.15, -0.1) is 0 Å². The highest BCUT2D eigenvalue weighted by Gasteiger charge is 2.22. The van der Waals surface area contributed by atoms with Gasteiger partial charge in [0, 0.05) is 5.25 Å². The summed E-state index contributed by atoms with van der Waals surface area (Å²) < 4.78 is 5.86. The van der Waals surface area contributed by atoms with Crippen molar-refractivity contribution in [1.29, 1.82) is 0 Å². The number of benzene rings is 1. The Balaban J connectivity index is 1.91. The number of hydrogen-bond donors (Lipinski definition) is 0. The fourth-order valence-corrected chi connectivity index (χ4v) is 3.34. The van der Waals surface area contributed by atoms with E-state index in [2.05, 4.69) is 38.1 Å². The highest BCUT2D eigenvalue weighted by molar-refractivity contribution is 8.00. The summed E-state index contributed by atoms with van der Waals surface area (Å²) in [5.41, 5.74) is 2.43. The van der Waals surface area contributed by atoms with E-state index in [-0.39, 0.29) is 0 Å². The van der Waals surface area contributed by atoms with Crippen LogP contribution in [0.4, 0.5) is 0 Å². The number of hydrogen-bond acceptors (Lipinski definition) is 2. The molecule has 1 aliphatic rings. The molecule has 0 bridgehead atoms. The summed E-state index contributed by atoms with van der Waals surface area (Å²) in [7, 11) is 0. The molecular weight excluding hydrogens is 228 g/mol. The summed E-state index contributed by atoms with van der Waals surface area (Å²) in [6.45, 7) is 4.28. The van der Waals surface area contributed by atoms with E-state index in [4.69, 9.17) is 4.74 Å². The molecule has 1 aromatic rings. The van der Waals surface area contributed by atoms with Gasteiger partial charge < -0.3 is 4.74 Å². The highest BCUT2D eigenvalue weighted by Crippen LogP contribution is 2.30.